The molecule has 0 atom stereocenters. The fourth-order valence-electron chi connectivity index (χ4n) is 2.99. The molecule has 2 aromatic rings. The van der Waals surface area contributed by atoms with Gasteiger partial charge in [0.1, 0.15) is 17.8 Å². The number of ether oxygens (including phenoxy) is 1. The van der Waals surface area contributed by atoms with Crippen LogP contribution in [0.1, 0.15) is 13.8 Å². The average molecular weight is 373 g/mol. The summed E-state index contributed by atoms with van der Waals surface area (Å²) in [4.78, 5) is 23.9. The second-order valence-electron chi connectivity index (χ2n) is 6.67. The summed E-state index contributed by atoms with van der Waals surface area (Å²) in [6, 6.07) is 7.06. The van der Waals surface area contributed by atoms with Crippen LogP contribution in [-0.4, -0.2) is 60.2 Å². The van der Waals surface area contributed by atoms with Crippen LogP contribution in [0.5, 0.6) is 5.75 Å². The number of amides is 2. The van der Waals surface area contributed by atoms with E-state index in [1.807, 2.05) is 18.7 Å². The van der Waals surface area contributed by atoms with Gasteiger partial charge in [-0.05, 0) is 38.1 Å². The third kappa shape index (κ3) is 4.27. The largest absolute Gasteiger partial charge is 0.497 e. The van der Waals surface area contributed by atoms with Crippen LogP contribution in [0.4, 0.5) is 15.0 Å². The van der Waals surface area contributed by atoms with Crippen molar-refractivity contribution in [2.24, 2.45) is 0 Å². The molecule has 0 spiro atoms. The molecule has 144 valence electrons. The van der Waals surface area contributed by atoms with Crippen molar-refractivity contribution < 1.29 is 13.9 Å². The third-order valence-electron chi connectivity index (χ3n) is 4.41. The quantitative estimate of drug-likeness (QED) is 0.892. The van der Waals surface area contributed by atoms with Crippen LogP contribution in [0.25, 0.3) is 11.3 Å². The number of nitrogens with one attached hydrogen (secondary N) is 1. The monoisotopic (exact) mass is 373 g/mol. The molecule has 1 aliphatic rings. The third-order valence-corrected chi connectivity index (χ3v) is 4.41. The van der Waals surface area contributed by atoms with E-state index < -0.39 is 5.82 Å². The van der Waals surface area contributed by atoms with Crippen molar-refractivity contribution in [3.05, 3.63) is 36.4 Å². The number of hydrogen-bond acceptors (Lipinski definition) is 5. The number of rotatable bonds is 4. The zero-order valence-corrected chi connectivity index (χ0v) is 15.8. The SMILES string of the molecule is COc1ccc(-c2ncnc(N3CCN(C(=O)NC(C)C)CC3)c2F)cc1. The van der Waals surface area contributed by atoms with Gasteiger partial charge >= 0.3 is 6.03 Å². The van der Waals surface area contributed by atoms with E-state index in [9.17, 15) is 4.79 Å². The van der Waals surface area contributed by atoms with Crippen LogP contribution in [-0.2, 0) is 0 Å². The van der Waals surface area contributed by atoms with Crippen LogP contribution >= 0.6 is 0 Å². The maximum absolute atomic E-state index is 15.1. The Kier molecular flexibility index (Phi) is 5.73. The highest BCUT2D eigenvalue weighted by Crippen LogP contribution is 2.28. The highest BCUT2D eigenvalue weighted by Gasteiger charge is 2.25. The molecule has 3 rings (SSSR count). The second-order valence-corrected chi connectivity index (χ2v) is 6.67. The number of benzene rings is 1. The summed E-state index contributed by atoms with van der Waals surface area (Å²) in [6.07, 6.45) is 1.37. The van der Waals surface area contributed by atoms with Crippen LogP contribution in [0, 0.1) is 5.82 Å². The molecule has 2 amide bonds. The van der Waals surface area contributed by atoms with E-state index in [-0.39, 0.29) is 23.6 Å². The molecule has 1 saturated heterocycles. The van der Waals surface area contributed by atoms with Crippen molar-refractivity contribution in [2.75, 3.05) is 38.2 Å². The highest BCUT2D eigenvalue weighted by molar-refractivity contribution is 5.75. The van der Waals surface area contributed by atoms with Gasteiger partial charge in [0.2, 0.25) is 0 Å². The number of aromatic nitrogens is 2. The van der Waals surface area contributed by atoms with Crippen molar-refractivity contribution >= 4 is 11.8 Å². The predicted molar refractivity (Wildman–Crippen MR) is 101 cm³/mol. The first-order valence-corrected chi connectivity index (χ1v) is 8.95. The normalized spacial score (nSPS) is 14.4. The summed E-state index contributed by atoms with van der Waals surface area (Å²) >= 11 is 0. The van der Waals surface area contributed by atoms with Crippen molar-refractivity contribution in [3.63, 3.8) is 0 Å². The summed E-state index contributed by atoms with van der Waals surface area (Å²) in [6.45, 7) is 5.90. The van der Waals surface area contributed by atoms with Gasteiger partial charge in [-0.15, -0.1) is 0 Å². The summed E-state index contributed by atoms with van der Waals surface area (Å²) in [5, 5.41) is 2.88. The Hall–Kier alpha value is -2.90. The maximum atomic E-state index is 15.1. The highest BCUT2D eigenvalue weighted by atomic mass is 19.1. The first kappa shape index (κ1) is 18.9. The smallest absolute Gasteiger partial charge is 0.317 e. The molecule has 0 aliphatic carbocycles. The molecule has 0 bridgehead atoms. The first-order valence-electron chi connectivity index (χ1n) is 8.95. The molecule has 7 nitrogen and oxygen atoms in total. The molecular weight excluding hydrogens is 349 g/mol. The molecule has 0 saturated carbocycles. The number of urea groups is 1. The van der Waals surface area contributed by atoms with E-state index in [0.29, 0.717) is 37.5 Å². The molecule has 1 aromatic heterocycles. The lowest BCUT2D eigenvalue weighted by molar-refractivity contribution is 0.191. The minimum absolute atomic E-state index is 0.0851. The Morgan fingerprint density at radius 1 is 1.15 bits per heavy atom. The molecule has 1 aromatic carbocycles. The lowest BCUT2D eigenvalue weighted by Gasteiger charge is -2.35. The molecule has 27 heavy (non-hydrogen) atoms. The van der Waals surface area contributed by atoms with Gasteiger partial charge in [-0.2, -0.15) is 0 Å². The van der Waals surface area contributed by atoms with Crippen molar-refractivity contribution in [1.29, 1.82) is 0 Å². The van der Waals surface area contributed by atoms with Gasteiger partial charge in [-0.25, -0.2) is 19.2 Å². The van der Waals surface area contributed by atoms with Gasteiger partial charge in [-0.1, -0.05) is 0 Å². The predicted octanol–water partition coefficient (Wildman–Crippen LogP) is 2.53. The molecule has 0 radical (unpaired) electrons. The van der Waals surface area contributed by atoms with Gasteiger partial charge < -0.3 is 19.9 Å². The van der Waals surface area contributed by atoms with Crippen molar-refractivity contribution in [2.45, 2.75) is 19.9 Å². The van der Waals surface area contributed by atoms with Crippen LogP contribution < -0.4 is 15.0 Å². The van der Waals surface area contributed by atoms with Gasteiger partial charge in [0, 0.05) is 37.8 Å². The number of anilines is 1. The Balaban J connectivity index is 1.74. The Bertz CT molecular complexity index is 789. The zero-order valence-electron chi connectivity index (χ0n) is 15.8. The molecular formula is C19H24FN5O2. The molecule has 1 N–H and O–H groups in total. The van der Waals surface area contributed by atoms with E-state index in [0.717, 1.165) is 0 Å². The molecule has 0 unspecified atom stereocenters. The van der Waals surface area contributed by atoms with E-state index in [4.69, 9.17) is 4.74 Å². The number of hydrogen-bond donors (Lipinski definition) is 1. The molecule has 8 heteroatoms. The van der Waals surface area contributed by atoms with Gasteiger partial charge in [0.25, 0.3) is 0 Å². The summed E-state index contributed by atoms with van der Waals surface area (Å²) in [5.74, 6) is 0.506. The first-order chi connectivity index (χ1) is 13.0. The number of halogens is 1. The van der Waals surface area contributed by atoms with E-state index >= 15 is 4.39 Å². The minimum Gasteiger partial charge on any atom is -0.497 e. The summed E-state index contributed by atoms with van der Waals surface area (Å²) < 4.78 is 20.2. The number of nitrogens with zero attached hydrogens (tertiary/aromatic N) is 4. The lowest BCUT2D eigenvalue weighted by Crippen LogP contribution is -2.53. The van der Waals surface area contributed by atoms with Crippen molar-refractivity contribution in [1.82, 2.24) is 20.2 Å². The number of carbonyl (C=O) groups is 1. The Morgan fingerprint density at radius 2 is 1.81 bits per heavy atom. The van der Waals surface area contributed by atoms with Crippen molar-refractivity contribution in [3.8, 4) is 17.0 Å². The zero-order chi connectivity index (χ0) is 19.4. The second kappa shape index (κ2) is 8.20. The average Bonchev–Trinajstić information content (AvgIpc) is 2.68. The van der Waals surface area contributed by atoms with E-state index in [1.54, 1.807) is 36.3 Å². The Morgan fingerprint density at radius 3 is 2.41 bits per heavy atom. The Labute approximate surface area is 158 Å². The lowest BCUT2D eigenvalue weighted by atomic mass is 10.1. The topological polar surface area (TPSA) is 70.6 Å². The van der Waals surface area contributed by atoms with Gasteiger partial charge in [-0.3, -0.25) is 0 Å². The molecule has 1 aliphatic heterocycles. The van der Waals surface area contributed by atoms with Crippen LogP contribution in [0.3, 0.4) is 0 Å². The van der Waals surface area contributed by atoms with Gasteiger partial charge in [0.15, 0.2) is 11.6 Å². The summed E-state index contributed by atoms with van der Waals surface area (Å²) in [7, 11) is 1.58. The summed E-state index contributed by atoms with van der Waals surface area (Å²) in [5.41, 5.74) is 0.912. The number of piperazine rings is 1. The minimum atomic E-state index is -0.456. The van der Waals surface area contributed by atoms with Crippen LogP contribution in [0.15, 0.2) is 30.6 Å². The maximum Gasteiger partial charge on any atom is 0.317 e. The van der Waals surface area contributed by atoms with Crippen LogP contribution in [0.2, 0.25) is 0 Å². The standard InChI is InChI=1S/C19H24FN5O2/c1-13(2)23-19(26)25-10-8-24(9-11-25)18-16(20)17(21-12-22-18)14-4-6-15(27-3)7-5-14/h4-7,12-13H,8-11H2,1-3H3,(H,23,26). The number of methoxy groups -OCH3 is 1. The van der Waals surface area contributed by atoms with E-state index in [1.165, 1.54) is 6.33 Å². The fraction of sp³-hybridized carbons (Fsp3) is 0.421. The molecule has 2 heterocycles. The van der Waals surface area contributed by atoms with Gasteiger partial charge in [0.05, 0.1) is 7.11 Å². The molecule has 1 fully saturated rings. The fourth-order valence-corrected chi connectivity index (χ4v) is 2.99. The number of carbonyl (C=O) groups excluding carboxylic acids is 1. The van der Waals surface area contributed by atoms with E-state index in [2.05, 4.69) is 15.3 Å².